The molecule has 18 heavy (non-hydrogen) atoms. The van der Waals surface area contributed by atoms with Gasteiger partial charge in [-0.2, -0.15) is 0 Å². The predicted molar refractivity (Wildman–Crippen MR) is 73.7 cm³/mol. The molecular weight excluding hydrogens is 226 g/mol. The maximum atomic E-state index is 5.84. The van der Waals surface area contributed by atoms with Gasteiger partial charge in [0.25, 0.3) is 0 Å². The van der Waals surface area contributed by atoms with Crippen LogP contribution in [0, 0.1) is 0 Å². The topological polar surface area (TPSA) is 51.4 Å². The zero-order valence-corrected chi connectivity index (χ0v) is 11.5. The number of pyridine rings is 1. The van der Waals surface area contributed by atoms with Crippen molar-refractivity contribution in [3.05, 3.63) is 23.9 Å². The average Bonchev–Trinajstić information content (AvgIpc) is 2.39. The molecule has 0 bridgehead atoms. The third kappa shape index (κ3) is 2.82. The van der Waals surface area contributed by atoms with Crippen LogP contribution in [-0.4, -0.2) is 30.3 Å². The van der Waals surface area contributed by atoms with Gasteiger partial charge in [0.15, 0.2) is 0 Å². The standard InChI is InChI=1S/C14H23N3O/c1-4-13-9-18-10(2)8-17(13)14-6-5-12(7-16-14)11(3)15/h5-7,10-11,13H,4,8-9,15H2,1-3H3. The first-order chi connectivity index (χ1) is 8.61. The molecular formula is C14H23N3O. The Bertz CT molecular complexity index is 377. The van der Waals surface area contributed by atoms with Gasteiger partial charge in [0, 0.05) is 18.8 Å². The normalized spacial score (nSPS) is 26.1. The summed E-state index contributed by atoms with van der Waals surface area (Å²) in [6.45, 7) is 7.96. The third-order valence-electron chi connectivity index (χ3n) is 3.53. The fourth-order valence-electron chi connectivity index (χ4n) is 2.30. The number of rotatable bonds is 3. The molecule has 2 rings (SSSR count). The van der Waals surface area contributed by atoms with Crippen LogP contribution in [0.3, 0.4) is 0 Å². The van der Waals surface area contributed by atoms with Crippen LogP contribution >= 0.6 is 0 Å². The Balaban J connectivity index is 2.17. The van der Waals surface area contributed by atoms with Gasteiger partial charge in [0.05, 0.1) is 18.8 Å². The second kappa shape index (κ2) is 5.67. The Morgan fingerprint density at radius 2 is 2.33 bits per heavy atom. The van der Waals surface area contributed by atoms with Gasteiger partial charge < -0.3 is 15.4 Å². The van der Waals surface area contributed by atoms with Gasteiger partial charge in [0.2, 0.25) is 0 Å². The van der Waals surface area contributed by atoms with Crippen LogP contribution in [0.5, 0.6) is 0 Å². The summed E-state index contributed by atoms with van der Waals surface area (Å²) in [4.78, 5) is 6.89. The van der Waals surface area contributed by atoms with Crippen molar-refractivity contribution in [1.82, 2.24) is 4.98 Å². The van der Waals surface area contributed by atoms with Crippen LogP contribution in [0.4, 0.5) is 5.82 Å². The highest BCUT2D eigenvalue weighted by Gasteiger charge is 2.26. The van der Waals surface area contributed by atoms with Crippen LogP contribution in [0.2, 0.25) is 0 Å². The van der Waals surface area contributed by atoms with Crippen molar-refractivity contribution in [3.63, 3.8) is 0 Å². The maximum absolute atomic E-state index is 5.84. The van der Waals surface area contributed by atoms with Crippen LogP contribution in [0.15, 0.2) is 18.3 Å². The molecule has 4 heteroatoms. The van der Waals surface area contributed by atoms with E-state index in [0.29, 0.717) is 6.04 Å². The minimum atomic E-state index is 0.0390. The quantitative estimate of drug-likeness (QED) is 0.891. The molecule has 0 radical (unpaired) electrons. The summed E-state index contributed by atoms with van der Waals surface area (Å²) in [7, 11) is 0. The number of nitrogens with zero attached hydrogens (tertiary/aromatic N) is 2. The van der Waals surface area contributed by atoms with Crippen LogP contribution in [0.25, 0.3) is 0 Å². The van der Waals surface area contributed by atoms with Gasteiger partial charge >= 0.3 is 0 Å². The van der Waals surface area contributed by atoms with Crippen molar-refractivity contribution in [2.75, 3.05) is 18.1 Å². The molecule has 2 heterocycles. The number of anilines is 1. The molecule has 2 N–H and O–H groups in total. The highest BCUT2D eigenvalue weighted by molar-refractivity contribution is 5.41. The first-order valence-corrected chi connectivity index (χ1v) is 6.71. The summed E-state index contributed by atoms with van der Waals surface area (Å²) in [5, 5.41) is 0. The van der Waals surface area contributed by atoms with Gasteiger partial charge in [0.1, 0.15) is 5.82 Å². The minimum absolute atomic E-state index is 0.0390. The Hall–Kier alpha value is -1.13. The molecule has 1 aliphatic rings. The van der Waals surface area contributed by atoms with E-state index < -0.39 is 0 Å². The van der Waals surface area contributed by atoms with Crippen molar-refractivity contribution >= 4 is 5.82 Å². The SMILES string of the molecule is CCC1COC(C)CN1c1ccc(C(C)N)cn1. The van der Waals surface area contributed by atoms with Crippen molar-refractivity contribution in [1.29, 1.82) is 0 Å². The molecule has 0 amide bonds. The van der Waals surface area contributed by atoms with Gasteiger partial charge in [-0.05, 0) is 31.9 Å². The van der Waals surface area contributed by atoms with E-state index in [1.807, 2.05) is 13.1 Å². The van der Waals surface area contributed by atoms with Crippen molar-refractivity contribution in [2.24, 2.45) is 5.73 Å². The molecule has 100 valence electrons. The summed E-state index contributed by atoms with van der Waals surface area (Å²) in [5.41, 5.74) is 6.92. The van der Waals surface area contributed by atoms with E-state index in [9.17, 15) is 0 Å². The Kier molecular flexibility index (Phi) is 4.19. The van der Waals surface area contributed by atoms with Gasteiger partial charge in [-0.25, -0.2) is 4.98 Å². The van der Waals surface area contributed by atoms with Crippen molar-refractivity contribution in [3.8, 4) is 0 Å². The summed E-state index contributed by atoms with van der Waals surface area (Å²) >= 11 is 0. The van der Waals surface area contributed by atoms with E-state index >= 15 is 0 Å². The summed E-state index contributed by atoms with van der Waals surface area (Å²) < 4.78 is 5.71. The Morgan fingerprint density at radius 1 is 1.56 bits per heavy atom. The van der Waals surface area contributed by atoms with Crippen molar-refractivity contribution in [2.45, 2.75) is 45.4 Å². The Morgan fingerprint density at radius 3 is 2.89 bits per heavy atom. The molecule has 4 nitrogen and oxygen atoms in total. The lowest BCUT2D eigenvalue weighted by Crippen LogP contribution is -2.49. The van der Waals surface area contributed by atoms with E-state index in [1.54, 1.807) is 0 Å². The van der Waals surface area contributed by atoms with Gasteiger partial charge in [-0.15, -0.1) is 0 Å². The molecule has 1 aromatic heterocycles. The number of ether oxygens (including phenoxy) is 1. The van der Waals surface area contributed by atoms with E-state index in [-0.39, 0.29) is 12.1 Å². The average molecular weight is 249 g/mol. The molecule has 1 aromatic rings. The smallest absolute Gasteiger partial charge is 0.128 e. The first kappa shape index (κ1) is 13.3. The van der Waals surface area contributed by atoms with Crippen LogP contribution in [-0.2, 0) is 4.74 Å². The van der Waals surface area contributed by atoms with Gasteiger partial charge in [-0.1, -0.05) is 13.0 Å². The number of morpholine rings is 1. The molecule has 0 spiro atoms. The number of hydrogen-bond acceptors (Lipinski definition) is 4. The molecule has 0 saturated carbocycles. The molecule has 0 aromatic carbocycles. The van der Waals surface area contributed by atoms with E-state index in [0.717, 1.165) is 31.0 Å². The maximum Gasteiger partial charge on any atom is 0.128 e. The van der Waals surface area contributed by atoms with E-state index in [4.69, 9.17) is 10.5 Å². The second-order valence-corrected chi connectivity index (χ2v) is 5.10. The third-order valence-corrected chi connectivity index (χ3v) is 3.53. The molecule has 1 fully saturated rings. The monoisotopic (exact) mass is 249 g/mol. The summed E-state index contributed by atoms with van der Waals surface area (Å²) in [5.74, 6) is 1.03. The lowest BCUT2D eigenvalue weighted by molar-refractivity contribution is 0.0296. The van der Waals surface area contributed by atoms with Crippen LogP contribution in [0.1, 0.15) is 38.8 Å². The summed E-state index contributed by atoms with van der Waals surface area (Å²) in [6, 6.07) is 4.60. The molecule has 1 saturated heterocycles. The van der Waals surface area contributed by atoms with Crippen LogP contribution < -0.4 is 10.6 Å². The zero-order chi connectivity index (χ0) is 13.1. The first-order valence-electron chi connectivity index (χ1n) is 6.71. The lowest BCUT2D eigenvalue weighted by Gasteiger charge is -2.39. The molecule has 3 atom stereocenters. The molecule has 1 aliphatic heterocycles. The van der Waals surface area contributed by atoms with E-state index in [2.05, 4.69) is 35.9 Å². The highest BCUT2D eigenvalue weighted by atomic mass is 16.5. The minimum Gasteiger partial charge on any atom is -0.375 e. The lowest BCUT2D eigenvalue weighted by atomic mass is 10.1. The molecule has 3 unspecified atom stereocenters. The fourth-order valence-corrected chi connectivity index (χ4v) is 2.30. The number of nitrogens with two attached hydrogens (primary N) is 1. The van der Waals surface area contributed by atoms with Crippen molar-refractivity contribution < 1.29 is 4.74 Å². The fraction of sp³-hybridized carbons (Fsp3) is 0.643. The zero-order valence-electron chi connectivity index (χ0n) is 11.5. The Labute approximate surface area is 109 Å². The summed E-state index contributed by atoms with van der Waals surface area (Å²) in [6.07, 6.45) is 3.22. The predicted octanol–water partition coefficient (Wildman–Crippen LogP) is 2.10. The molecule has 0 aliphatic carbocycles. The highest BCUT2D eigenvalue weighted by Crippen LogP contribution is 2.22. The largest absolute Gasteiger partial charge is 0.375 e. The van der Waals surface area contributed by atoms with E-state index in [1.165, 1.54) is 0 Å². The second-order valence-electron chi connectivity index (χ2n) is 5.10. The number of hydrogen-bond donors (Lipinski definition) is 1. The number of aromatic nitrogens is 1. The van der Waals surface area contributed by atoms with Gasteiger partial charge in [-0.3, -0.25) is 0 Å².